The third-order valence-electron chi connectivity index (χ3n) is 3.47. The standard InChI is InChI=1S/C16H17N3O/c17-13-8-12-9-16(20)19-14(12)10-15(13)18-7-6-11-4-2-1-3-5-11/h1-5,8,10,18H,6-7,9,17H2,(H,19,20). The van der Waals surface area contributed by atoms with Gasteiger partial charge in [0.1, 0.15) is 0 Å². The first kappa shape index (κ1) is 12.5. The highest BCUT2D eigenvalue weighted by molar-refractivity contribution is 6.00. The van der Waals surface area contributed by atoms with Crippen molar-refractivity contribution in [3.05, 3.63) is 53.6 Å². The molecular formula is C16H17N3O. The predicted octanol–water partition coefficient (Wildman–Crippen LogP) is 2.42. The lowest BCUT2D eigenvalue weighted by molar-refractivity contribution is -0.115. The average Bonchev–Trinajstić information content (AvgIpc) is 2.79. The number of fused-ring (bicyclic) bond motifs is 1. The minimum atomic E-state index is 0.0286. The zero-order valence-electron chi connectivity index (χ0n) is 11.1. The fourth-order valence-corrected chi connectivity index (χ4v) is 2.43. The van der Waals surface area contributed by atoms with Gasteiger partial charge in [-0.25, -0.2) is 0 Å². The molecule has 3 rings (SSSR count). The minimum absolute atomic E-state index is 0.0286. The summed E-state index contributed by atoms with van der Waals surface area (Å²) in [7, 11) is 0. The summed E-state index contributed by atoms with van der Waals surface area (Å²) in [6.07, 6.45) is 1.35. The average molecular weight is 267 g/mol. The fraction of sp³-hybridized carbons (Fsp3) is 0.188. The second-order valence-electron chi connectivity index (χ2n) is 4.98. The number of nitrogens with two attached hydrogens (primary N) is 1. The van der Waals surface area contributed by atoms with Crippen molar-refractivity contribution in [1.29, 1.82) is 0 Å². The number of carbonyl (C=O) groups is 1. The molecule has 4 N–H and O–H groups in total. The zero-order valence-corrected chi connectivity index (χ0v) is 11.1. The maximum Gasteiger partial charge on any atom is 0.228 e. The van der Waals surface area contributed by atoms with Crippen LogP contribution in [0.1, 0.15) is 11.1 Å². The molecule has 1 amide bonds. The van der Waals surface area contributed by atoms with Gasteiger partial charge in [0.05, 0.1) is 17.8 Å². The lowest BCUT2D eigenvalue weighted by atomic mass is 10.1. The van der Waals surface area contributed by atoms with Gasteiger partial charge in [-0.3, -0.25) is 4.79 Å². The van der Waals surface area contributed by atoms with Crippen molar-refractivity contribution in [3.8, 4) is 0 Å². The number of carbonyl (C=O) groups excluding carboxylic acids is 1. The largest absolute Gasteiger partial charge is 0.397 e. The topological polar surface area (TPSA) is 67.2 Å². The van der Waals surface area contributed by atoms with Gasteiger partial charge in [0.15, 0.2) is 0 Å². The SMILES string of the molecule is Nc1cc2c(cc1NCCc1ccccc1)NC(=O)C2. The second-order valence-corrected chi connectivity index (χ2v) is 4.98. The Hall–Kier alpha value is -2.49. The third kappa shape index (κ3) is 2.59. The molecule has 0 aromatic heterocycles. The van der Waals surface area contributed by atoms with E-state index < -0.39 is 0 Å². The van der Waals surface area contributed by atoms with E-state index in [1.54, 1.807) is 0 Å². The van der Waals surface area contributed by atoms with Crippen LogP contribution in [0.2, 0.25) is 0 Å². The van der Waals surface area contributed by atoms with E-state index in [0.717, 1.165) is 29.9 Å². The van der Waals surface area contributed by atoms with Gasteiger partial charge in [0, 0.05) is 12.2 Å². The van der Waals surface area contributed by atoms with E-state index in [0.29, 0.717) is 12.1 Å². The van der Waals surface area contributed by atoms with Crippen LogP contribution >= 0.6 is 0 Å². The first-order chi connectivity index (χ1) is 9.72. The Labute approximate surface area is 118 Å². The molecule has 1 heterocycles. The second kappa shape index (κ2) is 5.25. The molecule has 2 aromatic carbocycles. The summed E-state index contributed by atoms with van der Waals surface area (Å²) in [5.41, 5.74) is 10.7. The zero-order chi connectivity index (χ0) is 13.9. The number of nitrogen functional groups attached to an aromatic ring is 1. The summed E-state index contributed by atoms with van der Waals surface area (Å²) in [6.45, 7) is 0.806. The normalized spacial score (nSPS) is 12.9. The highest BCUT2D eigenvalue weighted by atomic mass is 16.1. The molecule has 1 aliphatic rings. The molecule has 4 heteroatoms. The number of hydrogen-bond acceptors (Lipinski definition) is 3. The van der Waals surface area contributed by atoms with Crippen LogP contribution in [0.3, 0.4) is 0 Å². The minimum Gasteiger partial charge on any atom is -0.397 e. The Bertz CT molecular complexity index is 638. The number of anilines is 3. The van der Waals surface area contributed by atoms with Gasteiger partial charge in [0.2, 0.25) is 5.91 Å². The molecule has 4 nitrogen and oxygen atoms in total. The van der Waals surface area contributed by atoms with E-state index in [4.69, 9.17) is 5.73 Å². The third-order valence-corrected chi connectivity index (χ3v) is 3.47. The molecule has 0 aliphatic carbocycles. The van der Waals surface area contributed by atoms with Crippen molar-refractivity contribution >= 4 is 23.0 Å². The van der Waals surface area contributed by atoms with Crippen molar-refractivity contribution < 1.29 is 4.79 Å². The monoisotopic (exact) mass is 267 g/mol. The number of nitrogens with one attached hydrogen (secondary N) is 2. The van der Waals surface area contributed by atoms with Crippen LogP contribution in [0.25, 0.3) is 0 Å². The molecular weight excluding hydrogens is 250 g/mol. The summed E-state index contributed by atoms with van der Waals surface area (Å²) >= 11 is 0. The molecule has 0 fully saturated rings. The van der Waals surface area contributed by atoms with E-state index in [2.05, 4.69) is 22.8 Å². The van der Waals surface area contributed by atoms with Gasteiger partial charge in [-0.2, -0.15) is 0 Å². The van der Waals surface area contributed by atoms with Gasteiger partial charge in [-0.15, -0.1) is 0 Å². The van der Waals surface area contributed by atoms with Crippen molar-refractivity contribution in [1.82, 2.24) is 0 Å². The number of rotatable bonds is 4. The number of amides is 1. The molecule has 102 valence electrons. The molecule has 20 heavy (non-hydrogen) atoms. The van der Waals surface area contributed by atoms with Crippen LogP contribution in [0, 0.1) is 0 Å². The Morgan fingerprint density at radius 3 is 2.80 bits per heavy atom. The van der Waals surface area contributed by atoms with Crippen LogP contribution in [0.4, 0.5) is 17.1 Å². The Balaban J connectivity index is 1.66. The van der Waals surface area contributed by atoms with E-state index in [-0.39, 0.29) is 5.91 Å². The fourth-order valence-electron chi connectivity index (χ4n) is 2.43. The first-order valence-electron chi connectivity index (χ1n) is 6.72. The summed E-state index contributed by atoms with van der Waals surface area (Å²) < 4.78 is 0. The molecule has 0 atom stereocenters. The number of benzene rings is 2. The van der Waals surface area contributed by atoms with Gasteiger partial charge in [-0.05, 0) is 29.7 Å². The maximum atomic E-state index is 11.3. The summed E-state index contributed by atoms with van der Waals surface area (Å²) in [6, 6.07) is 14.1. The van der Waals surface area contributed by atoms with Gasteiger partial charge in [-0.1, -0.05) is 30.3 Å². The molecule has 0 spiro atoms. The Kier molecular flexibility index (Phi) is 3.29. The van der Waals surface area contributed by atoms with E-state index in [1.165, 1.54) is 5.56 Å². The van der Waals surface area contributed by atoms with Crippen molar-refractivity contribution in [2.24, 2.45) is 0 Å². The Morgan fingerprint density at radius 2 is 2.00 bits per heavy atom. The van der Waals surface area contributed by atoms with E-state index in [9.17, 15) is 4.79 Å². The lowest BCUT2D eigenvalue weighted by Gasteiger charge is -2.11. The highest BCUT2D eigenvalue weighted by Crippen LogP contribution is 2.31. The van der Waals surface area contributed by atoms with Gasteiger partial charge in [0.25, 0.3) is 0 Å². The summed E-state index contributed by atoms with van der Waals surface area (Å²) in [4.78, 5) is 11.3. The lowest BCUT2D eigenvalue weighted by Crippen LogP contribution is -2.07. The molecule has 2 aromatic rings. The van der Waals surface area contributed by atoms with Crippen molar-refractivity contribution in [2.45, 2.75) is 12.8 Å². The molecule has 0 saturated carbocycles. The first-order valence-corrected chi connectivity index (χ1v) is 6.72. The molecule has 0 radical (unpaired) electrons. The van der Waals surface area contributed by atoms with E-state index >= 15 is 0 Å². The van der Waals surface area contributed by atoms with Crippen LogP contribution in [0.5, 0.6) is 0 Å². The Morgan fingerprint density at radius 1 is 1.20 bits per heavy atom. The smallest absolute Gasteiger partial charge is 0.228 e. The summed E-state index contributed by atoms with van der Waals surface area (Å²) in [5, 5.41) is 6.17. The van der Waals surface area contributed by atoms with Crippen LogP contribution in [-0.2, 0) is 17.6 Å². The highest BCUT2D eigenvalue weighted by Gasteiger charge is 2.19. The van der Waals surface area contributed by atoms with E-state index in [1.807, 2.05) is 30.3 Å². The van der Waals surface area contributed by atoms with Gasteiger partial charge >= 0.3 is 0 Å². The molecule has 0 bridgehead atoms. The van der Waals surface area contributed by atoms with Crippen LogP contribution in [0.15, 0.2) is 42.5 Å². The van der Waals surface area contributed by atoms with Crippen molar-refractivity contribution in [2.75, 3.05) is 22.9 Å². The quantitative estimate of drug-likeness (QED) is 0.745. The van der Waals surface area contributed by atoms with Gasteiger partial charge < -0.3 is 16.4 Å². The predicted molar refractivity (Wildman–Crippen MR) is 81.8 cm³/mol. The maximum absolute atomic E-state index is 11.3. The summed E-state index contributed by atoms with van der Waals surface area (Å²) in [5.74, 6) is 0.0286. The number of hydrogen-bond donors (Lipinski definition) is 3. The molecule has 0 unspecified atom stereocenters. The van der Waals surface area contributed by atoms with Crippen LogP contribution < -0.4 is 16.4 Å². The van der Waals surface area contributed by atoms with Crippen LogP contribution in [-0.4, -0.2) is 12.5 Å². The molecule has 0 saturated heterocycles. The molecule has 1 aliphatic heterocycles. The van der Waals surface area contributed by atoms with Crippen molar-refractivity contribution in [3.63, 3.8) is 0 Å².